The van der Waals surface area contributed by atoms with Crippen molar-refractivity contribution in [3.63, 3.8) is 0 Å². The van der Waals surface area contributed by atoms with Crippen molar-refractivity contribution in [2.24, 2.45) is 0 Å². The summed E-state index contributed by atoms with van der Waals surface area (Å²) >= 11 is 1.32. The molecule has 1 aliphatic heterocycles. The first-order chi connectivity index (χ1) is 12.4. The molecule has 9 heteroatoms. The number of aromatic nitrogens is 1. The van der Waals surface area contributed by atoms with Crippen LogP contribution >= 0.6 is 11.3 Å². The maximum Gasteiger partial charge on any atom is 0.312 e. The van der Waals surface area contributed by atoms with Crippen LogP contribution in [0.2, 0.25) is 0 Å². The zero-order valence-electron chi connectivity index (χ0n) is 14.1. The molecule has 2 aromatic rings. The minimum atomic E-state index is -0.610. The van der Waals surface area contributed by atoms with Gasteiger partial charge < -0.3 is 4.74 Å². The molecule has 0 saturated carbocycles. The highest BCUT2D eigenvalue weighted by molar-refractivity contribution is 7.14. The van der Waals surface area contributed by atoms with Crippen molar-refractivity contribution in [1.29, 1.82) is 0 Å². The Hall–Kier alpha value is -2.81. The molecule has 1 fully saturated rings. The summed E-state index contributed by atoms with van der Waals surface area (Å²) in [5.41, 5.74) is 1.04. The third-order valence-electron chi connectivity index (χ3n) is 4.03. The summed E-state index contributed by atoms with van der Waals surface area (Å²) < 4.78 is 5.35. The lowest BCUT2D eigenvalue weighted by Gasteiger charge is -2.13. The number of thiazole rings is 1. The van der Waals surface area contributed by atoms with E-state index in [0.717, 1.165) is 6.42 Å². The molecule has 0 spiro atoms. The van der Waals surface area contributed by atoms with E-state index in [1.807, 2.05) is 0 Å². The summed E-state index contributed by atoms with van der Waals surface area (Å²) in [6.45, 7) is 2.31. The van der Waals surface area contributed by atoms with Gasteiger partial charge in [0.15, 0.2) is 5.13 Å². The summed E-state index contributed by atoms with van der Waals surface area (Å²) in [6, 6.07) is 5.99. The molecule has 136 valence electrons. The molecule has 0 unspecified atom stereocenters. The number of carbonyl (C=O) groups excluding carboxylic acids is 2. The Kier molecular flexibility index (Phi) is 5.27. The topological polar surface area (TPSA) is 103 Å². The molecule has 1 aliphatic rings. The normalized spacial score (nSPS) is 15.1. The van der Waals surface area contributed by atoms with Crippen LogP contribution < -0.4 is 4.90 Å². The molecule has 1 aromatic carbocycles. The van der Waals surface area contributed by atoms with E-state index in [1.165, 1.54) is 23.5 Å². The molecule has 1 atom stereocenters. The highest BCUT2D eigenvalue weighted by Crippen LogP contribution is 2.26. The number of hydrogen-bond donors (Lipinski definition) is 0. The second-order valence-corrected chi connectivity index (χ2v) is 6.77. The number of rotatable bonds is 6. The van der Waals surface area contributed by atoms with E-state index in [0.29, 0.717) is 29.4 Å². The lowest BCUT2D eigenvalue weighted by Crippen LogP contribution is -2.23. The van der Waals surface area contributed by atoms with Gasteiger partial charge in [0, 0.05) is 30.5 Å². The smallest absolute Gasteiger partial charge is 0.312 e. The average molecular weight is 375 g/mol. The van der Waals surface area contributed by atoms with E-state index in [1.54, 1.807) is 29.3 Å². The number of esters is 1. The van der Waals surface area contributed by atoms with Crippen LogP contribution in [0.4, 0.5) is 10.8 Å². The number of amides is 1. The first-order valence-corrected chi connectivity index (χ1v) is 9.00. The van der Waals surface area contributed by atoms with Crippen LogP contribution in [0.5, 0.6) is 0 Å². The molecule has 0 N–H and O–H groups in total. The monoisotopic (exact) mass is 375 g/mol. The van der Waals surface area contributed by atoms with Gasteiger partial charge in [0.1, 0.15) is 6.10 Å². The van der Waals surface area contributed by atoms with Gasteiger partial charge in [-0.15, -0.1) is 11.3 Å². The van der Waals surface area contributed by atoms with Crippen LogP contribution in [0.3, 0.4) is 0 Å². The van der Waals surface area contributed by atoms with E-state index < -0.39 is 17.0 Å². The van der Waals surface area contributed by atoms with Gasteiger partial charge in [0.2, 0.25) is 5.91 Å². The molecular weight excluding hydrogens is 358 g/mol. The lowest BCUT2D eigenvalue weighted by atomic mass is 10.1. The van der Waals surface area contributed by atoms with Gasteiger partial charge in [-0.25, -0.2) is 4.98 Å². The van der Waals surface area contributed by atoms with Crippen LogP contribution in [-0.4, -0.2) is 28.3 Å². The predicted molar refractivity (Wildman–Crippen MR) is 95.0 cm³/mol. The van der Waals surface area contributed by atoms with Crippen LogP contribution in [0.15, 0.2) is 29.6 Å². The fourth-order valence-corrected chi connectivity index (χ4v) is 3.57. The number of nitro groups is 1. The highest BCUT2D eigenvalue weighted by Gasteiger charge is 2.24. The Bertz CT molecular complexity index is 850. The van der Waals surface area contributed by atoms with Crippen LogP contribution in [0, 0.1) is 10.1 Å². The Morgan fingerprint density at radius 3 is 3.00 bits per heavy atom. The third kappa shape index (κ3) is 4.05. The number of anilines is 1. The fraction of sp³-hybridized carbons (Fsp3) is 0.353. The second-order valence-electron chi connectivity index (χ2n) is 5.93. The van der Waals surface area contributed by atoms with Crippen molar-refractivity contribution in [3.8, 4) is 0 Å². The SMILES string of the molecule is C[C@H](OC(=O)Cc1csc(N2CCCC2=O)n1)c1cccc([N+](=O)[O-])c1. The van der Waals surface area contributed by atoms with E-state index in [2.05, 4.69) is 4.98 Å². The fourth-order valence-electron chi connectivity index (χ4n) is 2.70. The molecular formula is C17H17N3O5S. The van der Waals surface area contributed by atoms with Crippen molar-refractivity contribution < 1.29 is 19.2 Å². The number of nitro benzene ring substituents is 1. The molecule has 8 nitrogen and oxygen atoms in total. The molecule has 0 radical (unpaired) electrons. The number of non-ortho nitro benzene ring substituents is 1. The van der Waals surface area contributed by atoms with Gasteiger partial charge in [-0.1, -0.05) is 12.1 Å². The Balaban J connectivity index is 1.60. The van der Waals surface area contributed by atoms with Crippen molar-refractivity contribution in [2.45, 2.75) is 32.3 Å². The average Bonchev–Trinajstić information content (AvgIpc) is 3.23. The molecule has 1 saturated heterocycles. The number of nitrogens with zero attached hydrogens (tertiary/aromatic N) is 3. The van der Waals surface area contributed by atoms with Crippen LogP contribution in [0.25, 0.3) is 0 Å². The maximum atomic E-state index is 12.1. The van der Waals surface area contributed by atoms with E-state index in [-0.39, 0.29) is 18.0 Å². The quantitative estimate of drug-likeness (QED) is 0.437. The Morgan fingerprint density at radius 2 is 2.31 bits per heavy atom. The number of hydrogen-bond acceptors (Lipinski definition) is 7. The molecule has 0 bridgehead atoms. The summed E-state index contributed by atoms with van der Waals surface area (Å²) in [5.74, 6) is -0.429. The van der Waals surface area contributed by atoms with Crippen molar-refractivity contribution >= 4 is 34.0 Å². The molecule has 1 amide bonds. The molecule has 2 heterocycles. The second kappa shape index (κ2) is 7.61. The molecule has 26 heavy (non-hydrogen) atoms. The first-order valence-electron chi connectivity index (χ1n) is 8.12. The van der Waals surface area contributed by atoms with Gasteiger partial charge in [0.25, 0.3) is 5.69 Å². The van der Waals surface area contributed by atoms with E-state index in [9.17, 15) is 19.7 Å². The van der Waals surface area contributed by atoms with Gasteiger partial charge in [-0.2, -0.15) is 0 Å². The summed E-state index contributed by atoms with van der Waals surface area (Å²) in [5, 5.41) is 13.2. The standard InChI is InChI=1S/C17H17N3O5S/c1-11(12-4-2-5-14(8-12)20(23)24)25-16(22)9-13-10-26-17(18-13)19-7-3-6-15(19)21/h2,4-5,8,10-11H,3,6-7,9H2,1H3/t11-/m0/s1. The van der Waals surface area contributed by atoms with Gasteiger partial charge in [0.05, 0.1) is 17.0 Å². The molecule has 1 aromatic heterocycles. The minimum Gasteiger partial charge on any atom is -0.457 e. The van der Waals surface area contributed by atoms with Crippen LogP contribution in [-0.2, 0) is 20.7 Å². The highest BCUT2D eigenvalue weighted by atomic mass is 32.1. The predicted octanol–water partition coefficient (Wildman–Crippen LogP) is 3.03. The van der Waals surface area contributed by atoms with Crippen molar-refractivity contribution in [1.82, 2.24) is 4.98 Å². The maximum absolute atomic E-state index is 12.1. The Morgan fingerprint density at radius 1 is 1.50 bits per heavy atom. The van der Waals surface area contributed by atoms with Crippen molar-refractivity contribution in [2.75, 3.05) is 11.4 Å². The first kappa shape index (κ1) is 18.0. The van der Waals surface area contributed by atoms with Gasteiger partial charge in [-0.05, 0) is 18.9 Å². The molecule has 0 aliphatic carbocycles. The van der Waals surface area contributed by atoms with Gasteiger partial charge >= 0.3 is 5.97 Å². The van der Waals surface area contributed by atoms with Crippen molar-refractivity contribution in [3.05, 3.63) is 51.0 Å². The number of benzene rings is 1. The summed E-state index contributed by atoms with van der Waals surface area (Å²) in [6.07, 6.45) is 0.715. The number of ether oxygens (including phenoxy) is 1. The van der Waals surface area contributed by atoms with Crippen LogP contribution in [0.1, 0.15) is 37.1 Å². The van der Waals surface area contributed by atoms with E-state index in [4.69, 9.17) is 4.74 Å². The number of carbonyl (C=O) groups is 2. The Labute approximate surface area is 153 Å². The largest absolute Gasteiger partial charge is 0.457 e. The third-order valence-corrected chi connectivity index (χ3v) is 4.94. The zero-order valence-corrected chi connectivity index (χ0v) is 14.9. The molecule has 3 rings (SSSR count). The summed E-state index contributed by atoms with van der Waals surface area (Å²) in [7, 11) is 0. The van der Waals surface area contributed by atoms with E-state index >= 15 is 0 Å². The van der Waals surface area contributed by atoms with Gasteiger partial charge in [-0.3, -0.25) is 24.6 Å². The zero-order chi connectivity index (χ0) is 18.7. The lowest BCUT2D eigenvalue weighted by molar-refractivity contribution is -0.385. The summed E-state index contributed by atoms with van der Waals surface area (Å²) in [4.78, 5) is 40.2. The minimum absolute atomic E-state index is 0.0161.